The molecule has 0 aliphatic heterocycles. The Morgan fingerprint density at radius 2 is 1.95 bits per heavy atom. The maximum absolute atomic E-state index is 11.1. The highest BCUT2D eigenvalue weighted by Crippen LogP contribution is 2.37. The molecule has 0 bridgehead atoms. The van der Waals surface area contributed by atoms with Crippen LogP contribution in [0.4, 0.5) is 4.79 Å². The molecular formula is C16H22NO3Si. The first-order chi connectivity index (χ1) is 9.70. The Morgan fingerprint density at radius 1 is 1.29 bits per heavy atom. The van der Waals surface area contributed by atoms with Gasteiger partial charge in [-0.15, -0.1) is 0 Å². The van der Waals surface area contributed by atoms with Gasteiger partial charge in [-0.3, -0.25) is 4.57 Å². The van der Waals surface area contributed by atoms with Crippen molar-refractivity contribution in [1.29, 1.82) is 0 Å². The fraction of sp³-hybridized carbons (Fsp3) is 0.438. The van der Waals surface area contributed by atoms with Crippen LogP contribution in [0.15, 0.2) is 30.5 Å². The van der Waals surface area contributed by atoms with E-state index in [2.05, 4.69) is 33.9 Å². The number of fused-ring (bicyclic) bond motifs is 1. The monoisotopic (exact) mass is 304 g/mol. The molecule has 1 unspecified atom stereocenters. The van der Waals surface area contributed by atoms with E-state index in [-0.39, 0.29) is 11.5 Å². The number of nitrogens with zero attached hydrogens (tertiary/aromatic N) is 1. The molecule has 0 amide bonds. The zero-order valence-corrected chi connectivity index (χ0v) is 14.2. The summed E-state index contributed by atoms with van der Waals surface area (Å²) in [5.74, 6) is 0. The van der Waals surface area contributed by atoms with Gasteiger partial charge in [0.2, 0.25) is 9.04 Å². The predicted molar refractivity (Wildman–Crippen MR) is 86.1 cm³/mol. The molecule has 1 N–H and O–H groups in total. The summed E-state index contributed by atoms with van der Waals surface area (Å²) in [7, 11) is -0.823. The second-order valence-electron chi connectivity index (χ2n) is 6.56. The summed E-state index contributed by atoms with van der Waals surface area (Å²) in [6.45, 7) is 10.7. The van der Waals surface area contributed by atoms with Crippen LogP contribution in [-0.2, 0) is 4.43 Å². The Balaban J connectivity index is 2.47. The average Bonchev–Trinajstić information content (AvgIpc) is 2.77. The predicted octanol–water partition coefficient (Wildman–Crippen LogP) is 4.52. The highest BCUT2D eigenvalue weighted by molar-refractivity contribution is 6.48. The van der Waals surface area contributed by atoms with E-state index in [0.717, 1.165) is 10.9 Å². The molecule has 2 aromatic rings. The molecule has 1 heterocycles. The fourth-order valence-corrected chi connectivity index (χ4v) is 3.43. The molecule has 0 aliphatic rings. The molecule has 5 heteroatoms. The van der Waals surface area contributed by atoms with E-state index in [9.17, 15) is 4.79 Å². The van der Waals surface area contributed by atoms with Gasteiger partial charge in [0.25, 0.3) is 0 Å². The largest absolute Gasteiger partial charge is 0.464 e. The molecule has 0 spiro atoms. The number of hydrogen-bond donors (Lipinski definition) is 1. The van der Waals surface area contributed by atoms with Crippen molar-refractivity contribution >= 4 is 26.0 Å². The van der Waals surface area contributed by atoms with Crippen LogP contribution in [-0.4, -0.2) is 24.8 Å². The van der Waals surface area contributed by atoms with Gasteiger partial charge in [0, 0.05) is 11.6 Å². The van der Waals surface area contributed by atoms with Crippen LogP contribution in [0.2, 0.25) is 13.1 Å². The molecule has 4 nitrogen and oxygen atoms in total. The van der Waals surface area contributed by atoms with Crippen molar-refractivity contribution in [3.05, 3.63) is 36.0 Å². The number of aromatic nitrogens is 1. The zero-order chi connectivity index (χ0) is 15.8. The summed E-state index contributed by atoms with van der Waals surface area (Å²) in [6.07, 6.45) is 0.631. The van der Waals surface area contributed by atoms with Gasteiger partial charge in [-0.05, 0) is 42.3 Å². The lowest BCUT2D eigenvalue weighted by Gasteiger charge is -2.32. The molecule has 1 radical (unpaired) electrons. The molecule has 2 rings (SSSR count). The van der Waals surface area contributed by atoms with Crippen molar-refractivity contribution < 1.29 is 14.3 Å². The average molecular weight is 304 g/mol. The van der Waals surface area contributed by atoms with Crippen LogP contribution in [0.5, 0.6) is 0 Å². The lowest BCUT2D eigenvalue weighted by molar-refractivity contribution is 0.0867. The second-order valence-corrected chi connectivity index (χ2v) is 8.61. The van der Waals surface area contributed by atoms with Crippen LogP contribution < -0.4 is 0 Å². The van der Waals surface area contributed by atoms with Crippen molar-refractivity contribution in [1.82, 2.24) is 4.57 Å². The van der Waals surface area contributed by atoms with Crippen LogP contribution in [0.1, 0.15) is 32.4 Å². The number of carboxylic acid groups (broad SMARTS) is 1. The molecule has 113 valence electrons. The Kier molecular flexibility index (Phi) is 4.25. The Hall–Kier alpha value is -1.59. The molecule has 21 heavy (non-hydrogen) atoms. The highest BCUT2D eigenvalue weighted by Gasteiger charge is 2.28. The van der Waals surface area contributed by atoms with E-state index in [1.807, 2.05) is 24.3 Å². The minimum Gasteiger partial charge on any atom is -0.464 e. The standard InChI is InChI=1S/C16H22NO3Si/c1-16(2,3)14(20-21(4)5)12-6-7-13-11(10-12)8-9-17(13)15(18)19/h6-10,14H,1-5H3,(H,18,19). The van der Waals surface area contributed by atoms with Gasteiger partial charge in [0.05, 0.1) is 11.6 Å². The third-order valence-electron chi connectivity index (χ3n) is 3.36. The van der Waals surface area contributed by atoms with Crippen LogP contribution in [0.3, 0.4) is 0 Å². The van der Waals surface area contributed by atoms with Gasteiger partial charge in [-0.1, -0.05) is 26.8 Å². The third kappa shape index (κ3) is 3.36. The van der Waals surface area contributed by atoms with E-state index in [1.165, 1.54) is 4.57 Å². The second kappa shape index (κ2) is 5.65. The Morgan fingerprint density at radius 3 is 2.48 bits per heavy atom. The zero-order valence-electron chi connectivity index (χ0n) is 13.2. The molecule has 1 atom stereocenters. The lowest BCUT2D eigenvalue weighted by Crippen LogP contribution is -2.25. The normalized spacial score (nSPS) is 13.8. The molecule has 1 aromatic heterocycles. The number of carbonyl (C=O) groups is 1. The van der Waals surface area contributed by atoms with Crippen molar-refractivity contribution in [3.63, 3.8) is 0 Å². The fourth-order valence-electron chi connectivity index (χ4n) is 2.47. The first-order valence-corrected chi connectivity index (χ1v) is 9.42. The minimum absolute atomic E-state index is 0.00895. The smallest absolute Gasteiger partial charge is 0.415 e. The van der Waals surface area contributed by atoms with Crippen molar-refractivity contribution in [2.24, 2.45) is 5.41 Å². The minimum atomic E-state index is -0.964. The summed E-state index contributed by atoms with van der Waals surface area (Å²) < 4.78 is 7.42. The van der Waals surface area contributed by atoms with Crippen LogP contribution in [0.25, 0.3) is 10.9 Å². The molecule has 0 saturated heterocycles. The number of hydrogen-bond acceptors (Lipinski definition) is 2. The van der Waals surface area contributed by atoms with Gasteiger partial charge in [0.15, 0.2) is 0 Å². The summed E-state index contributed by atoms with van der Waals surface area (Å²) in [5.41, 5.74) is 1.80. The molecule has 0 aliphatic carbocycles. The molecule has 1 aromatic carbocycles. The summed E-state index contributed by atoms with van der Waals surface area (Å²) in [6, 6.07) is 7.70. The first kappa shape index (κ1) is 15.8. The maximum Gasteiger partial charge on any atom is 0.415 e. The first-order valence-electron chi connectivity index (χ1n) is 7.01. The SMILES string of the molecule is C[Si](C)OC(c1ccc2c(ccn2C(=O)O)c1)C(C)(C)C. The van der Waals surface area contributed by atoms with Crippen molar-refractivity contribution in [3.8, 4) is 0 Å². The van der Waals surface area contributed by atoms with Gasteiger partial charge in [-0.2, -0.15) is 0 Å². The topological polar surface area (TPSA) is 51.5 Å². The Labute approximate surface area is 127 Å². The van der Waals surface area contributed by atoms with Gasteiger partial charge in [-0.25, -0.2) is 4.79 Å². The van der Waals surface area contributed by atoms with Crippen molar-refractivity contribution in [2.45, 2.75) is 40.0 Å². The summed E-state index contributed by atoms with van der Waals surface area (Å²) in [4.78, 5) is 11.1. The van der Waals surface area contributed by atoms with E-state index in [4.69, 9.17) is 9.53 Å². The Bertz CT molecular complexity index is 655. The quantitative estimate of drug-likeness (QED) is 0.848. The summed E-state index contributed by atoms with van der Waals surface area (Å²) >= 11 is 0. The maximum atomic E-state index is 11.1. The molecular weight excluding hydrogens is 282 g/mol. The molecule has 0 fully saturated rings. The lowest BCUT2D eigenvalue weighted by atomic mass is 9.84. The van der Waals surface area contributed by atoms with E-state index in [1.54, 1.807) is 6.20 Å². The summed E-state index contributed by atoms with van der Waals surface area (Å²) in [5, 5.41) is 10.1. The van der Waals surface area contributed by atoms with E-state index < -0.39 is 15.1 Å². The number of rotatable bonds is 3. The molecule has 0 saturated carbocycles. The number of benzene rings is 1. The van der Waals surface area contributed by atoms with E-state index in [0.29, 0.717) is 5.52 Å². The van der Waals surface area contributed by atoms with Gasteiger partial charge < -0.3 is 9.53 Å². The van der Waals surface area contributed by atoms with Crippen LogP contribution in [0, 0.1) is 5.41 Å². The van der Waals surface area contributed by atoms with Gasteiger partial charge >= 0.3 is 6.09 Å². The van der Waals surface area contributed by atoms with Gasteiger partial charge in [0.1, 0.15) is 0 Å². The van der Waals surface area contributed by atoms with Crippen molar-refractivity contribution in [2.75, 3.05) is 0 Å². The van der Waals surface area contributed by atoms with Crippen LogP contribution >= 0.6 is 0 Å². The van der Waals surface area contributed by atoms with E-state index >= 15 is 0 Å². The third-order valence-corrected chi connectivity index (χ3v) is 4.07. The highest BCUT2D eigenvalue weighted by atomic mass is 28.3.